The molecule has 0 spiro atoms. The van der Waals surface area contributed by atoms with Crippen LogP contribution in [0.3, 0.4) is 0 Å². The summed E-state index contributed by atoms with van der Waals surface area (Å²) in [6, 6.07) is -0.829. The number of hydrogen-bond donors (Lipinski definition) is 2. The van der Waals surface area contributed by atoms with Gasteiger partial charge in [-0.1, -0.05) is 0 Å². The summed E-state index contributed by atoms with van der Waals surface area (Å²) in [6.45, 7) is 1.90. The van der Waals surface area contributed by atoms with Crippen LogP contribution in [-0.2, 0) is 9.53 Å². The van der Waals surface area contributed by atoms with Crippen molar-refractivity contribution in [3.63, 3.8) is 0 Å². The van der Waals surface area contributed by atoms with Crippen LogP contribution >= 0.6 is 11.3 Å². The lowest BCUT2D eigenvalue weighted by molar-refractivity contribution is -0.123. The summed E-state index contributed by atoms with van der Waals surface area (Å²) in [5.41, 5.74) is 4.88. The Morgan fingerprint density at radius 2 is 2.50 bits per heavy atom. The lowest BCUT2D eigenvalue weighted by Crippen LogP contribution is -2.46. The van der Waals surface area contributed by atoms with E-state index >= 15 is 0 Å². The molecule has 1 saturated heterocycles. The van der Waals surface area contributed by atoms with Crippen molar-refractivity contribution in [2.24, 2.45) is 5.73 Å². The Bertz CT molecular complexity index is 423. The summed E-state index contributed by atoms with van der Waals surface area (Å²) < 4.78 is 5.60. The molecule has 0 radical (unpaired) electrons. The molecular formula is C10H14N4O3S. The number of primary amides is 1. The van der Waals surface area contributed by atoms with Crippen molar-refractivity contribution in [3.8, 4) is 0 Å². The molecule has 7 nitrogen and oxygen atoms in total. The lowest BCUT2D eigenvalue weighted by Gasteiger charge is -2.31. The standard InChI is InChI=1S/C10H14N4O3S/c11-10(16)13-8(15)6-14-2-3-17-7(5-14)9-12-1-4-18-9/h1,4,7H,2-3,5-6H2,(H3,11,13,15,16)/t7-/m0/s1. The maximum absolute atomic E-state index is 11.4. The first kappa shape index (κ1) is 12.9. The van der Waals surface area contributed by atoms with Crippen molar-refractivity contribution >= 4 is 23.3 Å². The highest BCUT2D eigenvalue weighted by Gasteiger charge is 2.25. The molecular weight excluding hydrogens is 256 g/mol. The Morgan fingerprint density at radius 3 is 3.17 bits per heavy atom. The average molecular weight is 270 g/mol. The zero-order chi connectivity index (χ0) is 13.0. The highest BCUT2D eigenvalue weighted by Crippen LogP contribution is 2.23. The summed E-state index contributed by atoms with van der Waals surface area (Å²) in [5, 5.41) is 4.83. The van der Waals surface area contributed by atoms with E-state index in [2.05, 4.69) is 4.98 Å². The van der Waals surface area contributed by atoms with E-state index in [1.807, 2.05) is 15.6 Å². The molecule has 1 fully saturated rings. The van der Waals surface area contributed by atoms with Crippen molar-refractivity contribution in [2.75, 3.05) is 26.2 Å². The summed E-state index contributed by atoms with van der Waals surface area (Å²) in [5.74, 6) is -0.401. The maximum atomic E-state index is 11.4. The van der Waals surface area contributed by atoms with E-state index in [0.29, 0.717) is 19.7 Å². The van der Waals surface area contributed by atoms with E-state index < -0.39 is 11.9 Å². The highest BCUT2D eigenvalue weighted by atomic mass is 32.1. The van der Waals surface area contributed by atoms with Gasteiger partial charge in [0, 0.05) is 24.7 Å². The van der Waals surface area contributed by atoms with Gasteiger partial charge in [-0.05, 0) is 0 Å². The van der Waals surface area contributed by atoms with Crippen molar-refractivity contribution < 1.29 is 14.3 Å². The first-order valence-corrected chi connectivity index (χ1v) is 6.36. The fourth-order valence-corrected chi connectivity index (χ4v) is 2.45. The smallest absolute Gasteiger partial charge is 0.318 e. The number of aromatic nitrogens is 1. The van der Waals surface area contributed by atoms with E-state index in [4.69, 9.17) is 10.5 Å². The summed E-state index contributed by atoms with van der Waals surface area (Å²) in [7, 11) is 0. The minimum atomic E-state index is -0.829. The normalized spacial score (nSPS) is 20.6. The number of morpholine rings is 1. The molecule has 2 rings (SSSR count). The molecule has 0 aromatic carbocycles. The number of thiazole rings is 1. The summed E-state index contributed by atoms with van der Waals surface area (Å²) in [6.07, 6.45) is 1.61. The predicted molar refractivity (Wildman–Crippen MR) is 65.0 cm³/mol. The van der Waals surface area contributed by atoms with Crippen molar-refractivity contribution in [1.29, 1.82) is 0 Å². The highest BCUT2D eigenvalue weighted by molar-refractivity contribution is 7.09. The molecule has 1 aliphatic rings. The zero-order valence-electron chi connectivity index (χ0n) is 9.67. The largest absolute Gasteiger partial charge is 0.368 e. The summed E-state index contributed by atoms with van der Waals surface area (Å²) in [4.78, 5) is 28.1. The molecule has 3 amide bonds. The summed E-state index contributed by atoms with van der Waals surface area (Å²) >= 11 is 1.52. The fourth-order valence-electron chi connectivity index (χ4n) is 1.77. The molecule has 1 aromatic heterocycles. The molecule has 0 saturated carbocycles. The average Bonchev–Trinajstić information content (AvgIpc) is 2.81. The minimum absolute atomic E-state index is 0.111. The minimum Gasteiger partial charge on any atom is -0.368 e. The number of imide groups is 1. The number of amides is 3. The van der Waals surface area contributed by atoms with Crippen molar-refractivity contribution in [1.82, 2.24) is 15.2 Å². The SMILES string of the molecule is NC(=O)NC(=O)CN1CCO[C@H](c2nccs2)C1. The number of nitrogens with two attached hydrogens (primary N) is 1. The Labute approximate surface area is 108 Å². The number of carbonyl (C=O) groups excluding carboxylic acids is 2. The molecule has 0 aliphatic carbocycles. The van der Waals surface area contributed by atoms with Gasteiger partial charge >= 0.3 is 6.03 Å². The van der Waals surface area contributed by atoms with Gasteiger partial charge in [-0.25, -0.2) is 9.78 Å². The van der Waals surface area contributed by atoms with E-state index in [1.165, 1.54) is 11.3 Å². The number of hydrogen-bond acceptors (Lipinski definition) is 6. The monoisotopic (exact) mass is 270 g/mol. The van der Waals surface area contributed by atoms with Gasteiger partial charge in [-0.15, -0.1) is 11.3 Å². The van der Waals surface area contributed by atoms with E-state index in [9.17, 15) is 9.59 Å². The second kappa shape index (κ2) is 5.89. The van der Waals surface area contributed by atoms with E-state index in [0.717, 1.165) is 5.01 Å². The molecule has 8 heteroatoms. The molecule has 18 heavy (non-hydrogen) atoms. The molecule has 98 valence electrons. The van der Waals surface area contributed by atoms with Crippen molar-refractivity contribution in [2.45, 2.75) is 6.10 Å². The fraction of sp³-hybridized carbons (Fsp3) is 0.500. The number of carbonyl (C=O) groups is 2. The molecule has 1 atom stereocenters. The molecule has 1 aliphatic heterocycles. The number of urea groups is 1. The van der Waals surface area contributed by atoms with Crippen LogP contribution in [-0.4, -0.2) is 48.1 Å². The van der Waals surface area contributed by atoms with Crippen molar-refractivity contribution in [3.05, 3.63) is 16.6 Å². The Kier molecular flexibility index (Phi) is 4.24. The van der Waals surface area contributed by atoms with Crippen LogP contribution in [0, 0.1) is 0 Å². The van der Waals surface area contributed by atoms with Crippen LogP contribution in [0.25, 0.3) is 0 Å². The zero-order valence-corrected chi connectivity index (χ0v) is 10.5. The predicted octanol–water partition coefficient (Wildman–Crippen LogP) is -0.289. The molecule has 0 bridgehead atoms. The van der Waals surface area contributed by atoms with Gasteiger partial charge in [-0.2, -0.15) is 0 Å². The third-order valence-electron chi connectivity index (χ3n) is 2.51. The van der Waals surface area contributed by atoms with Crippen LogP contribution in [0.5, 0.6) is 0 Å². The first-order valence-electron chi connectivity index (χ1n) is 5.48. The maximum Gasteiger partial charge on any atom is 0.318 e. The van der Waals surface area contributed by atoms with Gasteiger partial charge in [0.2, 0.25) is 5.91 Å². The van der Waals surface area contributed by atoms with Gasteiger partial charge in [0.05, 0.1) is 13.2 Å². The lowest BCUT2D eigenvalue weighted by atomic mass is 10.3. The number of rotatable bonds is 3. The molecule has 0 unspecified atom stereocenters. The first-order chi connectivity index (χ1) is 8.65. The Hall–Kier alpha value is -1.51. The van der Waals surface area contributed by atoms with Gasteiger partial charge in [0.25, 0.3) is 0 Å². The van der Waals surface area contributed by atoms with Gasteiger partial charge < -0.3 is 10.5 Å². The number of nitrogens with one attached hydrogen (secondary N) is 1. The topological polar surface area (TPSA) is 97.5 Å². The second-order valence-corrected chi connectivity index (χ2v) is 4.80. The van der Waals surface area contributed by atoms with Gasteiger partial charge in [-0.3, -0.25) is 15.0 Å². The van der Waals surface area contributed by atoms with Gasteiger partial charge in [0.1, 0.15) is 11.1 Å². The van der Waals surface area contributed by atoms with Crippen LogP contribution < -0.4 is 11.1 Å². The molecule has 1 aromatic rings. The number of nitrogens with zero attached hydrogens (tertiary/aromatic N) is 2. The molecule has 3 N–H and O–H groups in total. The Balaban J connectivity index is 1.87. The van der Waals surface area contributed by atoms with Gasteiger partial charge in [0.15, 0.2) is 0 Å². The van der Waals surface area contributed by atoms with Crippen LogP contribution in [0.15, 0.2) is 11.6 Å². The van der Waals surface area contributed by atoms with E-state index in [1.54, 1.807) is 6.20 Å². The van der Waals surface area contributed by atoms with Crippen LogP contribution in [0.1, 0.15) is 11.1 Å². The van der Waals surface area contributed by atoms with Crippen LogP contribution in [0.2, 0.25) is 0 Å². The third-order valence-corrected chi connectivity index (χ3v) is 3.37. The second-order valence-electron chi connectivity index (χ2n) is 3.88. The quantitative estimate of drug-likeness (QED) is 0.786. The van der Waals surface area contributed by atoms with Crippen LogP contribution in [0.4, 0.5) is 4.79 Å². The third kappa shape index (κ3) is 3.49. The Morgan fingerprint density at radius 1 is 1.67 bits per heavy atom. The van der Waals surface area contributed by atoms with E-state index in [-0.39, 0.29) is 12.6 Å². The number of ether oxygens (including phenoxy) is 1. The molecule has 2 heterocycles.